The second kappa shape index (κ2) is 5.26. The molecule has 0 spiro atoms. The van der Waals surface area contributed by atoms with E-state index in [9.17, 15) is 0 Å². The lowest BCUT2D eigenvalue weighted by Gasteiger charge is -2.04. The summed E-state index contributed by atoms with van der Waals surface area (Å²) in [6.07, 6.45) is 4.19. The Hall–Kier alpha value is -1.56. The largest absolute Gasteiger partial charge is 0.350 e. The number of thioether (sulfide) groups is 1. The lowest BCUT2D eigenvalue weighted by Crippen LogP contribution is -1.89. The molecule has 0 fully saturated rings. The van der Waals surface area contributed by atoms with Crippen molar-refractivity contribution < 1.29 is 0 Å². The van der Waals surface area contributed by atoms with Crippen LogP contribution in [0.5, 0.6) is 0 Å². The number of rotatable bonds is 2. The third-order valence-corrected chi connectivity index (χ3v) is 5.70. The fraction of sp³-hybridized carbons (Fsp3) is 0.125. The molecule has 0 aliphatic rings. The maximum atomic E-state index is 6.15. The van der Waals surface area contributed by atoms with E-state index >= 15 is 0 Å². The van der Waals surface area contributed by atoms with Crippen molar-refractivity contribution in [3.63, 3.8) is 0 Å². The van der Waals surface area contributed by atoms with Gasteiger partial charge in [0, 0.05) is 40.0 Å². The first-order chi connectivity index (χ1) is 10.7. The summed E-state index contributed by atoms with van der Waals surface area (Å²) in [4.78, 5) is 11.1. The highest BCUT2D eigenvalue weighted by molar-refractivity contribution is 7.99. The van der Waals surface area contributed by atoms with Crippen LogP contribution < -0.4 is 0 Å². The molecule has 0 amide bonds. The van der Waals surface area contributed by atoms with Gasteiger partial charge in [0.05, 0.1) is 11.1 Å². The van der Waals surface area contributed by atoms with Gasteiger partial charge in [-0.2, -0.15) is 0 Å². The monoisotopic (exact) mass is 345 g/mol. The van der Waals surface area contributed by atoms with Gasteiger partial charge in [-0.3, -0.25) is 0 Å². The lowest BCUT2D eigenvalue weighted by atomic mass is 10.1. The molecule has 1 aromatic carbocycles. The summed E-state index contributed by atoms with van der Waals surface area (Å²) in [7, 11) is 2.05. The van der Waals surface area contributed by atoms with Gasteiger partial charge in [-0.25, -0.2) is 9.97 Å². The van der Waals surface area contributed by atoms with Crippen molar-refractivity contribution in [2.24, 2.45) is 7.05 Å². The third-order valence-electron chi connectivity index (χ3n) is 3.74. The van der Waals surface area contributed by atoms with Gasteiger partial charge in [0.15, 0.2) is 0 Å². The van der Waals surface area contributed by atoms with Gasteiger partial charge in [0.25, 0.3) is 0 Å². The van der Waals surface area contributed by atoms with E-state index in [4.69, 9.17) is 11.6 Å². The average molecular weight is 346 g/mol. The van der Waals surface area contributed by atoms with Gasteiger partial charge in [0.2, 0.25) is 5.28 Å². The van der Waals surface area contributed by atoms with E-state index in [0.717, 1.165) is 21.5 Å². The average Bonchev–Trinajstić information content (AvgIpc) is 3.08. The van der Waals surface area contributed by atoms with E-state index in [2.05, 4.69) is 57.6 Å². The fourth-order valence-corrected chi connectivity index (χ4v) is 4.78. The van der Waals surface area contributed by atoms with Crippen LogP contribution in [-0.2, 0) is 7.05 Å². The Morgan fingerprint density at radius 2 is 2.05 bits per heavy atom. The smallest absolute Gasteiger partial charge is 0.224 e. The highest BCUT2D eigenvalue weighted by Crippen LogP contribution is 2.40. The van der Waals surface area contributed by atoms with Crippen LogP contribution in [0, 0.1) is 0 Å². The van der Waals surface area contributed by atoms with Crippen molar-refractivity contribution in [2.75, 3.05) is 6.26 Å². The zero-order valence-corrected chi connectivity index (χ0v) is 14.4. The number of fused-ring (bicyclic) bond motifs is 2. The van der Waals surface area contributed by atoms with Crippen molar-refractivity contribution >= 4 is 55.8 Å². The molecule has 4 aromatic rings. The van der Waals surface area contributed by atoms with E-state index in [0.29, 0.717) is 5.28 Å². The van der Waals surface area contributed by atoms with Crippen LogP contribution in [0.2, 0.25) is 5.28 Å². The first-order valence-corrected chi connectivity index (χ1v) is 9.20. The summed E-state index contributed by atoms with van der Waals surface area (Å²) < 4.78 is 2.12. The Bertz CT molecular complexity index is 1000. The van der Waals surface area contributed by atoms with Crippen LogP contribution in [0.4, 0.5) is 0 Å². The van der Waals surface area contributed by atoms with Crippen LogP contribution in [0.1, 0.15) is 0 Å². The Balaban J connectivity index is 2.14. The molecular formula is C16H12ClN3S2. The van der Waals surface area contributed by atoms with Gasteiger partial charge in [-0.05, 0) is 23.9 Å². The summed E-state index contributed by atoms with van der Waals surface area (Å²) in [6, 6.07) is 8.33. The number of aryl methyl sites for hydroxylation is 1. The molecule has 110 valence electrons. The first-order valence-electron chi connectivity index (χ1n) is 6.72. The van der Waals surface area contributed by atoms with Crippen LogP contribution in [0.3, 0.4) is 0 Å². The number of benzene rings is 1. The molecule has 0 bridgehead atoms. The molecule has 0 aliphatic carbocycles. The number of nitrogens with zero attached hydrogens (tertiary/aromatic N) is 3. The molecule has 22 heavy (non-hydrogen) atoms. The zero-order chi connectivity index (χ0) is 15.3. The zero-order valence-electron chi connectivity index (χ0n) is 12.0. The summed E-state index contributed by atoms with van der Waals surface area (Å²) in [5.74, 6) is 0. The van der Waals surface area contributed by atoms with Crippen molar-refractivity contribution in [2.45, 2.75) is 4.90 Å². The van der Waals surface area contributed by atoms with E-state index in [1.807, 2.05) is 6.07 Å². The third kappa shape index (κ3) is 2.04. The van der Waals surface area contributed by atoms with Crippen molar-refractivity contribution in [3.05, 3.63) is 41.1 Å². The van der Waals surface area contributed by atoms with Gasteiger partial charge in [0.1, 0.15) is 4.83 Å². The molecule has 0 atom stereocenters. The molecule has 0 N–H and O–H groups in total. The van der Waals surface area contributed by atoms with Crippen LogP contribution in [0.15, 0.2) is 40.7 Å². The van der Waals surface area contributed by atoms with Gasteiger partial charge >= 0.3 is 0 Å². The fourth-order valence-electron chi connectivity index (χ4n) is 2.77. The molecule has 3 aromatic heterocycles. The SMILES string of the molecule is CSc1csc2nc(Cl)nc(-c3cn(C)c4ccccc34)c12. The minimum absolute atomic E-state index is 0.296. The van der Waals surface area contributed by atoms with E-state index in [1.165, 1.54) is 15.8 Å². The quantitative estimate of drug-likeness (QED) is 0.368. The molecule has 0 saturated heterocycles. The topological polar surface area (TPSA) is 30.7 Å². The number of halogens is 1. The molecular weight excluding hydrogens is 334 g/mol. The molecule has 0 aliphatic heterocycles. The Morgan fingerprint density at radius 1 is 1.23 bits per heavy atom. The van der Waals surface area contributed by atoms with Crippen LogP contribution in [-0.4, -0.2) is 20.8 Å². The summed E-state index contributed by atoms with van der Waals surface area (Å²) in [5, 5.41) is 4.69. The number of para-hydroxylation sites is 1. The molecule has 4 rings (SSSR count). The summed E-state index contributed by atoms with van der Waals surface area (Å²) in [5.41, 5.74) is 3.19. The minimum atomic E-state index is 0.296. The van der Waals surface area contributed by atoms with Crippen molar-refractivity contribution in [3.8, 4) is 11.3 Å². The van der Waals surface area contributed by atoms with Crippen LogP contribution in [0.25, 0.3) is 32.4 Å². The van der Waals surface area contributed by atoms with Crippen molar-refractivity contribution in [1.29, 1.82) is 0 Å². The Morgan fingerprint density at radius 3 is 2.86 bits per heavy atom. The first kappa shape index (κ1) is 14.1. The molecule has 3 nitrogen and oxygen atoms in total. The normalized spacial score (nSPS) is 11.6. The molecule has 0 unspecified atom stereocenters. The highest BCUT2D eigenvalue weighted by atomic mass is 35.5. The van der Waals surface area contributed by atoms with Crippen LogP contribution >= 0.6 is 34.7 Å². The van der Waals surface area contributed by atoms with E-state index in [1.54, 1.807) is 23.1 Å². The standard InChI is InChI=1S/C16H12ClN3S2/c1-20-7-10(9-5-3-4-6-11(9)20)14-13-12(21-2)8-22-15(13)19-16(17)18-14/h3-8H,1-2H3. The van der Waals surface area contributed by atoms with Gasteiger partial charge in [-0.15, -0.1) is 23.1 Å². The molecule has 0 saturated carbocycles. The summed E-state index contributed by atoms with van der Waals surface area (Å²) in [6.45, 7) is 0. The predicted octanol–water partition coefficient (Wildman–Crippen LogP) is 5.23. The molecule has 3 heterocycles. The number of aromatic nitrogens is 3. The number of hydrogen-bond donors (Lipinski definition) is 0. The minimum Gasteiger partial charge on any atom is -0.350 e. The second-order valence-corrected chi connectivity index (χ2v) is 7.04. The molecule has 6 heteroatoms. The Labute approximate surface area is 141 Å². The van der Waals surface area contributed by atoms with E-state index in [-0.39, 0.29) is 0 Å². The lowest BCUT2D eigenvalue weighted by molar-refractivity contribution is 0.969. The predicted molar refractivity (Wildman–Crippen MR) is 96.1 cm³/mol. The molecule has 0 radical (unpaired) electrons. The van der Waals surface area contributed by atoms with Gasteiger partial charge in [-0.1, -0.05) is 18.2 Å². The van der Waals surface area contributed by atoms with Crippen molar-refractivity contribution in [1.82, 2.24) is 14.5 Å². The number of thiophene rings is 1. The number of hydrogen-bond acceptors (Lipinski definition) is 4. The summed E-state index contributed by atoms with van der Waals surface area (Å²) >= 11 is 9.48. The highest BCUT2D eigenvalue weighted by Gasteiger charge is 2.18. The second-order valence-electron chi connectivity index (χ2n) is 5.00. The van der Waals surface area contributed by atoms with E-state index < -0.39 is 0 Å². The maximum absolute atomic E-state index is 6.15. The Kier molecular flexibility index (Phi) is 3.36. The van der Waals surface area contributed by atoms with Gasteiger partial charge < -0.3 is 4.57 Å². The maximum Gasteiger partial charge on any atom is 0.224 e.